The van der Waals surface area contributed by atoms with Crippen LogP contribution >= 0.6 is 0 Å². The topological polar surface area (TPSA) is 94.8 Å². The fourth-order valence-electron chi connectivity index (χ4n) is 1.60. The number of hydrogen-bond donors (Lipinski definition) is 3. The molecule has 0 aliphatic heterocycles. The number of carboxylic acid groups (broad SMARTS) is 2. The summed E-state index contributed by atoms with van der Waals surface area (Å²) in [5, 5.41) is 25.5. The van der Waals surface area contributed by atoms with Crippen molar-refractivity contribution >= 4 is 24.1 Å². The van der Waals surface area contributed by atoms with Gasteiger partial charge in [0.2, 0.25) is 0 Å². The van der Waals surface area contributed by atoms with Crippen molar-refractivity contribution in [1.82, 2.24) is 0 Å². The third kappa shape index (κ3) is 8.19. The van der Waals surface area contributed by atoms with Crippen LogP contribution in [-0.4, -0.2) is 27.3 Å². The average Bonchev–Trinajstić information content (AvgIpc) is 2.54. The standard InChI is InChI=1S/C10H10O2.C9H8O3/c1-8-2-4-9(5-3-8)6-7-10(11)12;10-8-4-1-7(2-5-8)3-6-9(11)12/h2-7H,1H3,(H,11,12);1-6,10H,(H,11,12)/b7-6+;6-3+. The molecule has 0 bridgehead atoms. The van der Waals surface area contributed by atoms with Gasteiger partial charge in [-0.25, -0.2) is 9.59 Å². The number of aryl methyl sites for hydroxylation is 1. The molecule has 0 fully saturated rings. The van der Waals surface area contributed by atoms with E-state index in [9.17, 15) is 9.59 Å². The Labute approximate surface area is 139 Å². The minimum atomic E-state index is -0.983. The average molecular weight is 326 g/mol. The Kier molecular flexibility index (Phi) is 7.51. The number of phenolic OH excluding ortho intramolecular Hbond substituents is 1. The molecule has 0 aromatic heterocycles. The first-order valence-electron chi connectivity index (χ1n) is 7.04. The SMILES string of the molecule is Cc1ccc(/C=C/C(=O)O)cc1.O=C(O)/C=C/c1ccc(O)cc1. The Morgan fingerprint density at radius 2 is 1.12 bits per heavy atom. The van der Waals surface area contributed by atoms with Gasteiger partial charge in [-0.15, -0.1) is 0 Å². The van der Waals surface area contributed by atoms with E-state index < -0.39 is 11.9 Å². The summed E-state index contributed by atoms with van der Waals surface area (Å²) >= 11 is 0. The third-order valence-electron chi connectivity index (χ3n) is 2.81. The lowest BCUT2D eigenvalue weighted by atomic mass is 10.1. The zero-order valence-electron chi connectivity index (χ0n) is 13.1. The minimum absolute atomic E-state index is 0.169. The molecule has 0 aliphatic rings. The third-order valence-corrected chi connectivity index (χ3v) is 2.81. The fraction of sp³-hybridized carbons (Fsp3) is 0.0526. The Morgan fingerprint density at radius 1 is 0.750 bits per heavy atom. The summed E-state index contributed by atoms with van der Waals surface area (Å²) in [6, 6.07) is 13.9. The van der Waals surface area contributed by atoms with Crippen LogP contribution in [-0.2, 0) is 9.59 Å². The number of rotatable bonds is 4. The predicted octanol–water partition coefficient (Wildman–Crippen LogP) is 3.58. The van der Waals surface area contributed by atoms with Crippen molar-refractivity contribution in [3.05, 3.63) is 77.4 Å². The smallest absolute Gasteiger partial charge is 0.328 e. The molecule has 2 aromatic rings. The van der Waals surface area contributed by atoms with Crippen LogP contribution in [0.3, 0.4) is 0 Å². The van der Waals surface area contributed by atoms with E-state index >= 15 is 0 Å². The van der Waals surface area contributed by atoms with Crippen LogP contribution in [0.1, 0.15) is 16.7 Å². The van der Waals surface area contributed by atoms with Crippen molar-refractivity contribution in [3.63, 3.8) is 0 Å². The molecule has 0 unspecified atom stereocenters. The molecule has 0 aliphatic carbocycles. The molecule has 0 atom stereocenters. The molecule has 0 radical (unpaired) electrons. The van der Waals surface area contributed by atoms with Crippen molar-refractivity contribution in [3.8, 4) is 5.75 Å². The molecule has 124 valence electrons. The van der Waals surface area contributed by atoms with Crippen LogP contribution in [0.2, 0.25) is 0 Å². The van der Waals surface area contributed by atoms with Crippen LogP contribution in [0.25, 0.3) is 12.2 Å². The second-order valence-electron chi connectivity index (χ2n) is 4.85. The summed E-state index contributed by atoms with van der Waals surface area (Å²) < 4.78 is 0. The summed E-state index contributed by atoms with van der Waals surface area (Å²) in [6.07, 6.45) is 5.21. The van der Waals surface area contributed by atoms with Gasteiger partial charge in [-0.1, -0.05) is 42.0 Å². The summed E-state index contributed by atoms with van der Waals surface area (Å²) in [7, 11) is 0. The maximum Gasteiger partial charge on any atom is 0.328 e. The van der Waals surface area contributed by atoms with E-state index in [1.165, 1.54) is 23.8 Å². The number of aliphatic carboxylic acids is 2. The maximum atomic E-state index is 10.2. The van der Waals surface area contributed by atoms with Gasteiger partial charge in [-0.3, -0.25) is 0 Å². The van der Waals surface area contributed by atoms with Gasteiger partial charge in [0.25, 0.3) is 0 Å². The first-order valence-corrected chi connectivity index (χ1v) is 7.04. The number of hydrogen-bond acceptors (Lipinski definition) is 3. The molecular formula is C19H18O5. The van der Waals surface area contributed by atoms with Gasteiger partial charge in [-0.2, -0.15) is 0 Å². The van der Waals surface area contributed by atoms with E-state index in [4.69, 9.17) is 15.3 Å². The largest absolute Gasteiger partial charge is 0.508 e. The van der Waals surface area contributed by atoms with Crippen molar-refractivity contribution in [2.45, 2.75) is 6.92 Å². The van der Waals surface area contributed by atoms with Gasteiger partial charge < -0.3 is 15.3 Å². The van der Waals surface area contributed by atoms with Gasteiger partial charge in [-0.05, 0) is 42.3 Å². The first kappa shape index (κ1) is 18.7. The molecular weight excluding hydrogens is 308 g/mol. The Hall–Kier alpha value is -3.34. The molecule has 0 spiro atoms. The summed E-state index contributed by atoms with van der Waals surface area (Å²) in [6.45, 7) is 1.99. The molecule has 5 heteroatoms. The van der Waals surface area contributed by atoms with Gasteiger partial charge in [0.1, 0.15) is 5.75 Å². The molecule has 24 heavy (non-hydrogen) atoms. The van der Waals surface area contributed by atoms with Crippen molar-refractivity contribution < 1.29 is 24.9 Å². The van der Waals surface area contributed by atoms with Crippen molar-refractivity contribution in [2.75, 3.05) is 0 Å². The summed E-state index contributed by atoms with van der Waals surface area (Å²) in [5.74, 6) is -1.74. The zero-order valence-corrected chi connectivity index (χ0v) is 13.1. The highest BCUT2D eigenvalue weighted by Gasteiger charge is 1.90. The molecule has 5 nitrogen and oxygen atoms in total. The monoisotopic (exact) mass is 326 g/mol. The van der Waals surface area contributed by atoms with E-state index in [-0.39, 0.29) is 5.75 Å². The highest BCUT2D eigenvalue weighted by atomic mass is 16.4. The van der Waals surface area contributed by atoms with Crippen LogP contribution in [0, 0.1) is 6.92 Å². The molecule has 3 N–H and O–H groups in total. The Morgan fingerprint density at radius 3 is 1.50 bits per heavy atom. The Balaban J connectivity index is 0.000000240. The highest BCUT2D eigenvalue weighted by molar-refractivity contribution is 5.85. The first-order chi connectivity index (χ1) is 11.4. The number of benzene rings is 2. The number of aromatic hydroxyl groups is 1. The second kappa shape index (κ2) is 9.63. The van der Waals surface area contributed by atoms with Crippen LogP contribution in [0.5, 0.6) is 5.75 Å². The number of carboxylic acids is 2. The lowest BCUT2D eigenvalue weighted by molar-refractivity contribution is -0.132. The van der Waals surface area contributed by atoms with E-state index in [1.807, 2.05) is 31.2 Å². The molecule has 2 rings (SSSR count). The fourth-order valence-corrected chi connectivity index (χ4v) is 1.60. The zero-order chi connectivity index (χ0) is 17.9. The van der Waals surface area contributed by atoms with Crippen LogP contribution < -0.4 is 0 Å². The van der Waals surface area contributed by atoms with E-state index in [0.29, 0.717) is 0 Å². The number of carbonyl (C=O) groups is 2. The van der Waals surface area contributed by atoms with Gasteiger partial charge in [0, 0.05) is 12.2 Å². The highest BCUT2D eigenvalue weighted by Crippen LogP contribution is 2.10. The lowest BCUT2D eigenvalue weighted by Gasteiger charge is -1.92. The lowest BCUT2D eigenvalue weighted by Crippen LogP contribution is -1.85. The summed E-state index contributed by atoms with van der Waals surface area (Å²) in [5.41, 5.74) is 2.82. The van der Waals surface area contributed by atoms with E-state index in [1.54, 1.807) is 18.2 Å². The summed E-state index contributed by atoms with van der Waals surface area (Å²) in [4.78, 5) is 20.3. The van der Waals surface area contributed by atoms with Crippen LogP contribution in [0.4, 0.5) is 0 Å². The quantitative estimate of drug-likeness (QED) is 0.746. The Bertz CT molecular complexity index is 660. The van der Waals surface area contributed by atoms with E-state index in [0.717, 1.165) is 23.3 Å². The molecule has 0 amide bonds. The molecule has 0 saturated carbocycles. The van der Waals surface area contributed by atoms with E-state index in [2.05, 4.69) is 0 Å². The predicted molar refractivity (Wildman–Crippen MR) is 92.6 cm³/mol. The minimum Gasteiger partial charge on any atom is -0.508 e. The molecule has 0 heterocycles. The second-order valence-corrected chi connectivity index (χ2v) is 4.85. The van der Waals surface area contributed by atoms with Gasteiger partial charge >= 0.3 is 11.9 Å². The normalized spacial score (nSPS) is 10.4. The van der Waals surface area contributed by atoms with Crippen molar-refractivity contribution in [2.24, 2.45) is 0 Å². The van der Waals surface area contributed by atoms with Crippen LogP contribution in [0.15, 0.2) is 60.7 Å². The maximum absolute atomic E-state index is 10.2. The van der Waals surface area contributed by atoms with Gasteiger partial charge in [0.05, 0.1) is 0 Å². The molecule has 0 saturated heterocycles. The molecule has 2 aromatic carbocycles. The number of phenols is 1. The van der Waals surface area contributed by atoms with Crippen molar-refractivity contribution in [1.29, 1.82) is 0 Å². The van der Waals surface area contributed by atoms with Gasteiger partial charge in [0.15, 0.2) is 0 Å².